The van der Waals surface area contributed by atoms with Crippen LogP contribution >= 0.6 is 22.9 Å². The first-order valence-electron chi connectivity index (χ1n) is 7.40. The molecule has 0 amide bonds. The quantitative estimate of drug-likeness (QED) is 0.777. The lowest BCUT2D eigenvalue weighted by Crippen LogP contribution is -2.31. The van der Waals surface area contributed by atoms with Crippen LogP contribution < -0.4 is 10.2 Å². The molecule has 0 bridgehead atoms. The first-order valence-corrected chi connectivity index (χ1v) is 8.65. The minimum Gasteiger partial charge on any atom is -0.364 e. The fourth-order valence-corrected chi connectivity index (χ4v) is 3.20. The number of thiophene rings is 1. The summed E-state index contributed by atoms with van der Waals surface area (Å²) in [6.45, 7) is 9.35. The molecule has 0 spiro atoms. The number of nitrogens with one attached hydrogen (secondary N) is 1. The fourth-order valence-electron chi connectivity index (χ4n) is 2.33. The summed E-state index contributed by atoms with van der Waals surface area (Å²) in [5, 5.41) is 6.33. The molecule has 1 aromatic heterocycles. The number of benzene rings is 1. The molecule has 0 atom stereocenters. The van der Waals surface area contributed by atoms with Crippen molar-refractivity contribution >= 4 is 28.6 Å². The second-order valence-electron chi connectivity index (χ2n) is 5.35. The first-order chi connectivity index (χ1) is 10.1. The molecule has 0 aliphatic carbocycles. The summed E-state index contributed by atoms with van der Waals surface area (Å²) in [4.78, 5) is 3.79. The van der Waals surface area contributed by atoms with Gasteiger partial charge in [-0.2, -0.15) is 0 Å². The summed E-state index contributed by atoms with van der Waals surface area (Å²) in [5.41, 5.74) is 2.53. The maximum absolute atomic E-state index is 6.24. The van der Waals surface area contributed by atoms with Crippen LogP contribution in [-0.4, -0.2) is 12.6 Å². The van der Waals surface area contributed by atoms with Gasteiger partial charge >= 0.3 is 0 Å². The van der Waals surface area contributed by atoms with Gasteiger partial charge in [0.1, 0.15) is 0 Å². The molecule has 0 radical (unpaired) electrons. The SMILES string of the molecule is CCNCc1ccc(Cl)cc1N(Cc1cccs1)C(C)C. The molecule has 0 aliphatic rings. The molecule has 1 N–H and O–H groups in total. The van der Waals surface area contributed by atoms with Crippen LogP contribution in [0.15, 0.2) is 35.7 Å². The molecule has 21 heavy (non-hydrogen) atoms. The van der Waals surface area contributed by atoms with Crippen LogP contribution in [0.3, 0.4) is 0 Å². The highest BCUT2D eigenvalue weighted by Gasteiger charge is 2.16. The summed E-state index contributed by atoms with van der Waals surface area (Å²) in [5.74, 6) is 0. The first kappa shape index (κ1) is 16.3. The third kappa shape index (κ3) is 4.47. The average molecular weight is 323 g/mol. The van der Waals surface area contributed by atoms with Crippen molar-refractivity contribution in [1.29, 1.82) is 0 Å². The molecule has 0 saturated carbocycles. The minimum absolute atomic E-state index is 0.422. The van der Waals surface area contributed by atoms with E-state index in [1.165, 1.54) is 16.1 Å². The number of hydrogen-bond donors (Lipinski definition) is 1. The molecule has 0 fully saturated rings. The van der Waals surface area contributed by atoms with Crippen molar-refractivity contribution in [2.45, 2.75) is 39.9 Å². The van der Waals surface area contributed by atoms with Gasteiger partial charge in [-0.3, -0.25) is 0 Å². The molecule has 2 rings (SSSR count). The number of nitrogens with zero attached hydrogens (tertiary/aromatic N) is 1. The smallest absolute Gasteiger partial charge is 0.0525 e. The van der Waals surface area contributed by atoms with Crippen molar-refractivity contribution in [3.63, 3.8) is 0 Å². The Morgan fingerprint density at radius 1 is 1.29 bits per heavy atom. The summed E-state index contributed by atoms with van der Waals surface area (Å²) in [7, 11) is 0. The normalized spacial score (nSPS) is 11.1. The van der Waals surface area contributed by atoms with E-state index in [9.17, 15) is 0 Å². The van der Waals surface area contributed by atoms with E-state index in [4.69, 9.17) is 11.6 Å². The Morgan fingerprint density at radius 3 is 2.71 bits per heavy atom. The predicted octanol–water partition coefficient (Wildman–Crippen LogP) is 4.93. The zero-order chi connectivity index (χ0) is 15.2. The van der Waals surface area contributed by atoms with Crippen LogP contribution in [0.25, 0.3) is 0 Å². The highest BCUT2D eigenvalue weighted by Crippen LogP contribution is 2.29. The van der Waals surface area contributed by atoms with Gasteiger partial charge in [0.05, 0.1) is 6.54 Å². The van der Waals surface area contributed by atoms with E-state index in [0.717, 1.165) is 24.7 Å². The Hall–Kier alpha value is -1.03. The van der Waals surface area contributed by atoms with Crippen LogP contribution in [-0.2, 0) is 13.1 Å². The van der Waals surface area contributed by atoms with Crippen LogP contribution in [0.2, 0.25) is 5.02 Å². The van der Waals surface area contributed by atoms with E-state index >= 15 is 0 Å². The lowest BCUT2D eigenvalue weighted by molar-refractivity contribution is 0.671. The van der Waals surface area contributed by atoms with Gasteiger partial charge in [-0.15, -0.1) is 11.3 Å². The van der Waals surface area contributed by atoms with E-state index in [0.29, 0.717) is 6.04 Å². The maximum Gasteiger partial charge on any atom is 0.0525 e. The van der Waals surface area contributed by atoms with Crippen LogP contribution in [0.1, 0.15) is 31.2 Å². The number of rotatable bonds is 7. The summed E-state index contributed by atoms with van der Waals surface area (Å²) in [6.07, 6.45) is 0. The lowest BCUT2D eigenvalue weighted by atomic mass is 10.1. The number of hydrogen-bond acceptors (Lipinski definition) is 3. The standard InChI is InChI=1S/C17H23ClN2S/c1-4-19-11-14-7-8-15(18)10-17(14)20(13(2)3)12-16-6-5-9-21-16/h5-10,13,19H,4,11-12H2,1-3H3. The van der Waals surface area contributed by atoms with Crippen LogP contribution in [0.5, 0.6) is 0 Å². The summed E-state index contributed by atoms with van der Waals surface area (Å²) in [6, 6.07) is 10.9. The highest BCUT2D eigenvalue weighted by atomic mass is 35.5. The second-order valence-corrected chi connectivity index (χ2v) is 6.82. The van der Waals surface area contributed by atoms with E-state index < -0.39 is 0 Å². The molecule has 0 aliphatic heterocycles. The van der Waals surface area contributed by atoms with Crippen LogP contribution in [0.4, 0.5) is 5.69 Å². The Bertz CT molecular complexity index is 552. The van der Waals surface area contributed by atoms with Gasteiger partial charge in [-0.1, -0.05) is 30.7 Å². The molecule has 0 saturated heterocycles. The number of anilines is 1. The Morgan fingerprint density at radius 2 is 2.10 bits per heavy atom. The van der Waals surface area contributed by atoms with E-state index in [-0.39, 0.29) is 0 Å². The third-order valence-corrected chi connectivity index (χ3v) is 4.55. The lowest BCUT2D eigenvalue weighted by Gasteiger charge is -2.31. The topological polar surface area (TPSA) is 15.3 Å². The maximum atomic E-state index is 6.24. The highest BCUT2D eigenvalue weighted by molar-refractivity contribution is 7.09. The van der Waals surface area contributed by atoms with Gasteiger partial charge in [0.15, 0.2) is 0 Å². The predicted molar refractivity (Wildman–Crippen MR) is 94.5 cm³/mol. The average Bonchev–Trinajstić information content (AvgIpc) is 2.96. The third-order valence-electron chi connectivity index (χ3n) is 3.45. The molecule has 4 heteroatoms. The zero-order valence-corrected chi connectivity index (χ0v) is 14.5. The Balaban J connectivity index is 2.31. The molecule has 2 nitrogen and oxygen atoms in total. The molecule has 114 valence electrons. The van der Waals surface area contributed by atoms with Gasteiger partial charge in [0.25, 0.3) is 0 Å². The monoisotopic (exact) mass is 322 g/mol. The van der Waals surface area contributed by atoms with Gasteiger partial charge in [0.2, 0.25) is 0 Å². The molecule has 1 heterocycles. The van der Waals surface area contributed by atoms with E-state index in [1.807, 2.05) is 6.07 Å². The van der Waals surface area contributed by atoms with Gasteiger partial charge in [-0.25, -0.2) is 0 Å². The Labute approximate surface area is 136 Å². The van der Waals surface area contributed by atoms with Crippen molar-refractivity contribution < 1.29 is 0 Å². The van der Waals surface area contributed by atoms with E-state index in [1.54, 1.807) is 11.3 Å². The molecule has 1 aromatic carbocycles. The fraction of sp³-hybridized carbons (Fsp3) is 0.412. The Kier molecular flexibility index (Phi) is 6.09. The minimum atomic E-state index is 0.422. The zero-order valence-electron chi connectivity index (χ0n) is 12.9. The molecular weight excluding hydrogens is 300 g/mol. The van der Waals surface area contributed by atoms with Gasteiger partial charge in [0, 0.05) is 28.2 Å². The second kappa shape index (κ2) is 7.83. The van der Waals surface area contributed by atoms with Gasteiger partial charge in [-0.05, 0) is 49.5 Å². The van der Waals surface area contributed by atoms with Crippen molar-refractivity contribution in [2.24, 2.45) is 0 Å². The molecular formula is C17H23ClN2S. The van der Waals surface area contributed by atoms with Gasteiger partial charge < -0.3 is 10.2 Å². The van der Waals surface area contributed by atoms with Crippen molar-refractivity contribution in [3.05, 3.63) is 51.2 Å². The van der Waals surface area contributed by atoms with E-state index in [2.05, 4.69) is 60.6 Å². The van der Waals surface area contributed by atoms with Crippen molar-refractivity contribution in [3.8, 4) is 0 Å². The molecule has 0 unspecified atom stereocenters. The summed E-state index contributed by atoms with van der Waals surface area (Å²) < 4.78 is 0. The summed E-state index contributed by atoms with van der Waals surface area (Å²) >= 11 is 8.04. The largest absolute Gasteiger partial charge is 0.364 e. The van der Waals surface area contributed by atoms with Crippen LogP contribution in [0, 0.1) is 0 Å². The molecule has 2 aromatic rings. The number of halogens is 1. The van der Waals surface area contributed by atoms with Crippen molar-refractivity contribution in [1.82, 2.24) is 5.32 Å². The van der Waals surface area contributed by atoms with Crippen molar-refractivity contribution in [2.75, 3.05) is 11.4 Å².